The molecule has 0 unspecified atom stereocenters. The van der Waals surface area contributed by atoms with Crippen molar-refractivity contribution in [2.75, 3.05) is 6.61 Å². The molecule has 2 heterocycles. The molecule has 1 aliphatic carbocycles. The first-order chi connectivity index (χ1) is 18.3. The van der Waals surface area contributed by atoms with Crippen molar-refractivity contribution < 1.29 is 23.8 Å². The zero-order chi connectivity index (χ0) is 28.2. The number of rotatable bonds is 8. The largest absolute Gasteiger partial charge is 0.386 e. The highest BCUT2D eigenvalue weighted by Crippen LogP contribution is 2.50. The van der Waals surface area contributed by atoms with Crippen LogP contribution in [-0.4, -0.2) is 39.0 Å². The SMILES string of the molecule is CC(=O)NC1(CO[C@]2(c3ccc(Cl)cc3)c3c(F)cc(C(C)(C)O)cc3C(=O)N2Cc2ccc(Cl)cn2)CC1. The lowest BCUT2D eigenvalue weighted by Gasteiger charge is -2.40. The third-order valence-corrected chi connectivity index (χ3v) is 7.66. The molecule has 204 valence electrons. The van der Waals surface area contributed by atoms with Gasteiger partial charge in [-0.1, -0.05) is 35.3 Å². The van der Waals surface area contributed by atoms with Crippen LogP contribution in [0.4, 0.5) is 4.39 Å². The number of aliphatic hydroxyl groups is 1. The highest BCUT2D eigenvalue weighted by molar-refractivity contribution is 6.30. The number of hydrogen-bond donors (Lipinski definition) is 2. The molecule has 0 radical (unpaired) electrons. The van der Waals surface area contributed by atoms with E-state index in [1.54, 1.807) is 36.4 Å². The number of carbonyl (C=O) groups excluding carboxylic acids is 2. The van der Waals surface area contributed by atoms with Crippen LogP contribution in [0.2, 0.25) is 10.0 Å². The zero-order valence-electron chi connectivity index (χ0n) is 21.7. The molecule has 0 spiro atoms. The highest BCUT2D eigenvalue weighted by Gasteiger charge is 2.57. The fourth-order valence-electron chi connectivity index (χ4n) is 5.02. The molecular weight excluding hydrogens is 544 g/mol. The minimum Gasteiger partial charge on any atom is -0.386 e. The molecule has 5 rings (SSSR count). The Morgan fingerprint density at radius 3 is 2.38 bits per heavy atom. The first-order valence-electron chi connectivity index (χ1n) is 12.5. The van der Waals surface area contributed by atoms with Crippen molar-refractivity contribution >= 4 is 35.0 Å². The fourth-order valence-corrected chi connectivity index (χ4v) is 5.26. The lowest BCUT2D eigenvalue weighted by atomic mass is 9.88. The quantitative estimate of drug-likeness (QED) is 0.383. The molecule has 0 bridgehead atoms. The maximum absolute atomic E-state index is 16.2. The summed E-state index contributed by atoms with van der Waals surface area (Å²) in [5, 5.41) is 14.5. The molecule has 1 atom stereocenters. The fraction of sp³-hybridized carbons (Fsp3) is 0.345. The summed E-state index contributed by atoms with van der Waals surface area (Å²) in [5.41, 5.74) is -2.40. The Bertz CT molecular complexity index is 1440. The Labute approximate surface area is 235 Å². The number of carbonyl (C=O) groups is 2. The van der Waals surface area contributed by atoms with Gasteiger partial charge in [0.25, 0.3) is 5.91 Å². The number of nitrogens with zero attached hydrogens (tertiary/aromatic N) is 2. The Balaban J connectivity index is 1.72. The van der Waals surface area contributed by atoms with Crippen molar-refractivity contribution in [1.29, 1.82) is 0 Å². The molecule has 0 saturated heterocycles. The predicted molar refractivity (Wildman–Crippen MR) is 145 cm³/mol. The van der Waals surface area contributed by atoms with Gasteiger partial charge >= 0.3 is 0 Å². The molecule has 2 N–H and O–H groups in total. The molecule has 1 saturated carbocycles. The van der Waals surface area contributed by atoms with Gasteiger partial charge in [0.1, 0.15) is 5.82 Å². The predicted octanol–water partition coefficient (Wildman–Crippen LogP) is 5.30. The minimum absolute atomic E-state index is 0.0235. The third kappa shape index (κ3) is 5.14. The maximum Gasteiger partial charge on any atom is 0.257 e. The smallest absolute Gasteiger partial charge is 0.257 e. The number of nitrogens with one attached hydrogen (secondary N) is 1. The van der Waals surface area contributed by atoms with E-state index in [9.17, 15) is 14.7 Å². The van der Waals surface area contributed by atoms with Gasteiger partial charge in [0.05, 0.1) is 46.1 Å². The number of pyridine rings is 1. The normalized spacial score (nSPS) is 19.7. The number of amides is 2. The van der Waals surface area contributed by atoms with E-state index in [1.165, 1.54) is 44.0 Å². The monoisotopic (exact) mass is 571 g/mol. The molecule has 7 nitrogen and oxygen atoms in total. The van der Waals surface area contributed by atoms with Crippen LogP contribution in [0, 0.1) is 5.82 Å². The van der Waals surface area contributed by atoms with Crippen LogP contribution in [0.3, 0.4) is 0 Å². The molecular formula is C29H28Cl2FN3O4. The van der Waals surface area contributed by atoms with E-state index >= 15 is 4.39 Å². The summed E-state index contributed by atoms with van der Waals surface area (Å²) in [4.78, 5) is 31.8. The Hall–Kier alpha value is -3.04. The molecule has 39 heavy (non-hydrogen) atoms. The first-order valence-corrected chi connectivity index (χ1v) is 13.3. The number of ether oxygens (including phenoxy) is 1. The van der Waals surface area contributed by atoms with Crippen LogP contribution >= 0.6 is 23.2 Å². The van der Waals surface area contributed by atoms with Gasteiger partial charge in [0.2, 0.25) is 5.91 Å². The van der Waals surface area contributed by atoms with Gasteiger partial charge < -0.3 is 15.2 Å². The molecule has 2 amide bonds. The molecule has 1 aliphatic heterocycles. The highest BCUT2D eigenvalue weighted by atomic mass is 35.5. The second-order valence-corrected chi connectivity index (χ2v) is 11.6. The summed E-state index contributed by atoms with van der Waals surface area (Å²) in [6.07, 6.45) is 2.84. The van der Waals surface area contributed by atoms with Gasteiger partial charge in [-0.05, 0) is 68.7 Å². The van der Waals surface area contributed by atoms with Crippen LogP contribution < -0.4 is 5.32 Å². The van der Waals surface area contributed by atoms with Gasteiger partial charge in [0, 0.05) is 23.7 Å². The van der Waals surface area contributed by atoms with E-state index in [4.69, 9.17) is 27.9 Å². The van der Waals surface area contributed by atoms with Crippen molar-refractivity contribution in [2.24, 2.45) is 0 Å². The lowest BCUT2D eigenvalue weighted by Crippen LogP contribution is -2.50. The van der Waals surface area contributed by atoms with E-state index in [-0.39, 0.29) is 35.7 Å². The van der Waals surface area contributed by atoms with E-state index in [0.717, 1.165) is 0 Å². The average Bonchev–Trinajstić information content (AvgIpc) is 3.58. The second-order valence-electron chi connectivity index (χ2n) is 10.7. The number of hydrogen-bond acceptors (Lipinski definition) is 5. The lowest BCUT2D eigenvalue weighted by molar-refractivity contribution is -0.130. The van der Waals surface area contributed by atoms with Crippen LogP contribution in [-0.2, 0) is 27.4 Å². The number of benzene rings is 2. The second kappa shape index (κ2) is 9.86. The van der Waals surface area contributed by atoms with E-state index in [2.05, 4.69) is 10.3 Å². The Morgan fingerprint density at radius 2 is 1.82 bits per heavy atom. The molecule has 2 aromatic carbocycles. The molecule has 1 aromatic heterocycles. The van der Waals surface area contributed by atoms with Gasteiger partial charge in [-0.2, -0.15) is 0 Å². The summed E-state index contributed by atoms with van der Waals surface area (Å²) in [6.45, 7) is 4.48. The molecule has 2 aliphatic rings. The van der Waals surface area contributed by atoms with Gasteiger partial charge in [0.15, 0.2) is 5.72 Å². The topological polar surface area (TPSA) is 91.8 Å². The number of fused-ring (bicyclic) bond motifs is 1. The van der Waals surface area contributed by atoms with E-state index in [1.807, 2.05) is 0 Å². The molecule has 1 fully saturated rings. The summed E-state index contributed by atoms with van der Waals surface area (Å²) in [7, 11) is 0. The number of aromatic nitrogens is 1. The van der Waals surface area contributed by atoms with E-state index < -0.39 is 28.6 Å². The third-order valence-electron chi connectivity index (χ3n) is 7.19. The summed E-state index contributed by atoms with van der Waals surface area (Å²) in [5.74, 6) is -1.40. The van der Waals surface area contributed by atoms with Crippen molar-refractivity contribution in [3.8, 4) is 0 Å². The van der Waals surface area contributed by atoms with Crippen molar-refractivity contribution in [1.82, 2.24) is 15.2 Å². The summed E-state index contributed by atoms with van der Waals surface area (Å²) < 4.78 is 22.9. The van der Waals surface area contributed by atoms with Crippen LogP contribution in [0.5, 0.6) is 0 Å². The maximum atomic E-state index is 16.2. The molecule has 3 aromatic rings. The zero-order valence-corrected chi connectivity index (χ0v) is 23.2. The van der Waals surface area contributed by atoms with Crippen molar-refractivity contribution in [2.45, 2.75) is 57.0 Å². The van der Waals surface area contributed by atoms with E-state index in [0.29, 0.717) is 34.1 Å². The van der Waals surface area contributed by atoms with Gasteiger partial charge in [-0.3, -0.25) is 19.5 Å². The van der Waals surface area contributed by atoms with Crippen molar-refractivity contribution in [3.63, 3.8) is 0 Å². The van der Waals surface area contributed by atoms with Gasteiger partial charge in [-0.25, -0.2) is 4.39 Å². The number of halogens is 3. The average molecular weight is 572 g/mol. The summed E-state index contributed by atoms with van der Waals surface area (Å²) in [6, 6.07) is 12.7. The minimum atomic E-state index is -1.71. The first kappa shape index (κ1) is 27.5. The molecule has 10 heteroatoms. The van der Waals surface area contributed by atoms with Crippen LogP contribution in [0.1, 0.15) is 66.4 Å². The van der Waals surface area contributed by atoms with Crippen molar-refractivity contribution in [3.05, 3.63) is 98.5 Å². The standard InChI is InChI=1S/C29H28Cl2FN3O4/c1-17(36)34-28(10-11-28)16-39-29(18-4-6-20(30)7-5-18)25-23(12-19(13-24(25)32)27(2,3)38)26(37)35(29)15-22-9-8-21(31)14-33-22/h4-9,12-14,38H,10-11,15-16H2,1-3H3,(H,34,36)/t29-/m1/s1. The van der Waals surface area contributed by atoms with Gasteiger partial charge in [-0.15, -0.1) is 0 Å². The van der Waals surface area contributed by atoms with Crippen LogP contribution in [0.15, 0.2) is 54.7 Å². The summed E-state index contributed by atoms with van der Waals surface area (Å²) >= 11 is 12.2. The Morgan fingerprint density at radius 1 is 1.15 bits per heavy atom. The van der Waals surface area contributed by atoms with Crippen LogP contribution in [0.25, 0.3) is 0 Å². The Kier molecular flexibility index (Phi) is 6.96.